The molecule has 1 aromatic carbocycles. The minimum absolute atomic E-state index is 0.00399. The number of esters is 1. The second-order valence-corrected chi connectivity index (χ2v) is 4.14. The highest BCUT2D eigenvalue weighted by atomic mass is 16.7. The van der Waals surface area contributed by atoms with Crippen LogP contribution >= 0.6 is 0 Å². The van der Waals surface area contributed by atoms with E-state index in [4.69, 9.17) is 9.84 Å². The molecule has 0 unspecified atom stereocenters. The number of hydrogen-bond donors (Lipinski definition) is 1. The lowest BCUT2D eigenvalue weighted by atomic mass is 10.1. The monoisotopic (exact) mass is 297 g/mol. The van der Waals surface area contributed by atoms with E-state index in [0.717, 1.165) is 6.07 Å². The third-order valence-corrected chi connectivity index (χ3v) is 2.54. The molecule has 0 saturated carbocycles. The fraction of sp³-hybridized carbons (Fsp3) is 0.385. The van der Waals surface area contributed by atoms with Crippen LogP contribution in [0, 0.1) is 10.1 Å². The molecule has 8 heteroatoms. The third kappa shape index (κ3) is 5.47. The predicted octanol–water partition coefficient (Wildman–Crippen LogP) is 2.54. The van der Waals surface area contributed by atoms with Gasteiger partial charge in [-0.05, 0) is 12.5 Å². The van der Waals surface area contributed by atoms with Crippen molar-refractivity contribution in [2.45, 2.75) is 26.2 Å². The number of carbonyl (C=O) groups is 2. The van der Waals surface area contributed by atoms with Crippen LogP contribution in [-0.4, -0.2) is 28.8 Å². The first kappa shape index (κ1) is 16.4. The van der Waals surface area contributed by atoms with Crippen LogP contribution in [0.1, 0.15) is 25.3 Å². The third-order valence-electron chi connectivity index (χ3n) is 2.54. The molecule has 1 N–H and O–H groups in total. The van der Waals surface area contributed by atoms with Crippen molar-refractivity contribution in [2.75, 3.05) is 6.61 Å². The van der Waals surface area contributed by atoms with E-state index in [9.17, 15) is 19.7 Å². The Labute approximate surface area is 120 Å². The van der Waals surface area contributed by atoms with E-state index >= 15 is 0 Å². The number of carbonyl (C=O) groups excluding carboxylic acids is 1. The van der Waals surface area contributed by atoms with Crippen LogP contribution in [0.25, 0.3) is 0 Å². The fourth-order valence-electron chi connectivity index (χ4n) is 1.62. The van der Waals surface area contributed by atoms with Gasteiger partial charge in [0.2, 0.25) is 0 Å². The molecular formula is C13H15NO7. The fourth-order valence-corrected chi connectivity index (χ4v) is 1.62. The maximum absolute atomic E-state index is 11.2. The van der Waals surface area contributed by atoms with Crippen molar-refractivity contribution >= 4 is 17.8 Å². The molecule has 0 saturated heterocycles. The first-order valence-electron chi connectivity index (χ1n) is 6.27. The van der Waals surface area contributed by atoms with Gasteiger partial charge in [0.1, 0.15) is 5.75 Å². The molecule has 0 fully saturated rings. The Morgan fingerprint density at radius 1 is 1.38 bits per heavy atom. The topological polar surface area (TPSA) is 116 Å². The second kappa shape index (κ2) is 7.83. The van der Waals surface area contributed by atoms with E-state index in [1.165, 1.54) is 12.1 Å². The summed E-state index contributed by atoms with van der Waals surface area (Å²) in [6.45, 7) is 1.83. The standard InChI is InChI=1S/C13H15NO7/c1-2-3-12(15)20-7-6-9-8-10(14(18)19)4-5-11(9)21-13(16)17/h4-5,8H,2-3,6-7H2,1H3,(H,16,17). The van der Waals surface area contributed by atoms with Crippen LogP contribution in [-0.2, 0) is 16.0 Å². The molecular weight excluding hydrogens is 282 g/mol. The van der Waals surface area contributed by atoms with Gasteiger partial charge in [0.15, 0.2) is 0 Å². The van der Waals surface area contributed by atoms with Gasteiger partial charge in [0.25, 0.3) is 5.69 Å². The molecule has 0 radical (unpaired) electrons. The highest BCUT2D eigenvalue weighted by Crippen LogP contribution is 2.25. The predicted molar refractivity (Wildman–Crippen MR) is 71.3 cm³/mol. The summed E-state index contributed by atoms with van der Waals surface area (Å²) < 4.78 is 9.47. The Morgan fingerprint density at radius 3 is 2.67 bits per heavy atom. The number of nitro benzene ring substituents is 1. The number of nitro groups is 1. The van der Waals surface area contributed by atoms with Gasteiger partial charge in [-0.25, -0.2) is 4.79 Å². The van der Waals surface area contributed by atoms with E-state index in [0.29, 0.717) is 6.42 Å². The molecule has 0 atom stereocenters. The highest BCUT2D eigenvalue weighted by molar-refractivity contribution is 5.69. The van der Waals surface area contributed by atoms with Gasteiger partial charge in [-0.15, -0.1) is 0 Å². The van der Waals surface area contributed by atoms with Crippen LogP contribution < -0.4 is 4.74 Å². The Hall–Kier alpha value is -2.64. The minimum Gasteiger partial charge on any atom is -0.465 e. The van der Waals surface area contributed by atoms with Crippen LogP contribution in [0.2, 0.25) is 0 Å². The Balaban J connectivity index is 2.80. The van der Waals surface area contributed by atoms with Crippen molar-refractivity contribution in [1.29, 1.82) is 0 Å². The van der Waals surface area contributed by atoms with E-state index in [1.807, 2.05) is 6.92 Å². The summed E-state index contributed by atoms with van der Waals surface area (Å²) in [5.74, 6) is -0.386. The van der Waals surface area contributed by atoms with E-state index in [1.54, 1.807) is 0 Å². The average Bonchev–Trinajstić information content (AvgIpc) is 2.40. The Kier molecular flexibility index (Phi) is 6.12. The SMILES string of the molecule is CCCC(=O)OCCc1cc([N+](=O)[O-])ccc1OC(=O)O. The largest absolute Gasteiger partial charge is 0.511 e. The number of benzene rings is 1. The van der Waals surface area contributed by atoms with Crippen molar-refractivity contribution in [1.82, 2.24) is 0 Å². The summed E-state index contributed by atoms with van der Waals surface area (Å²) in [6.07, 6.45) is -0.455. The number of hydrogen-bond acceptors (Lipinski definition) is 6. The van der Waals surface area contributed by atoms with Crippen LogP contribution in [0.5, 0.6) is 5.75 Å². The van der Waals surface area contributed by atoms with Gasteiger partial charge >= 0.3 is 12.1 Å². The zero-order valence-corrected chi connectivity index (χ0v) is 11.4. The van der Waals surface area contributed by atoms with Gasteiger partial charge in [0.05, 0.1) is 11.5 Å². The normalized spacial score (nSPS) is 9.95. The Bertz CT molecular complexity index is 541. The molecule has 0 heterocycles. The molecule has 0 spiro atoms. The summed E-state index contributed by atoms with van der Waals surface area (Å²) in [6, 6.07) is 3.55. The number of rotatable bonds is 7. The molecule has 8 nitrogen and oxygen atoms in total. The maximum atomic E-state index is 11.2. The zero-order chi connectivity index (χ0) is 15.8. The van der Waals surface area contributed by atoms with Gasteiger partial charge in [-0.2, -0.15) is 0 Å². The zero-order valence-electron chi connectivity index (χ0n) is 11.4. The van der Waals surface area contributed by atoms with Crippen molar-refractivity contribution < 1.29 is 29.1 Å². The lowest BCUT2D eigenvalue weighted by Crippen LogP contribution is -2.10. The molecule has 21 heavy (non-hydrogen) atoms. The molecule has 0 amide bonds. The lowest BCUT2D eigenvalue weighted by molar-refractivity contribution is -0.384. The molecule has 114 valence electrons. The summed E-state index contributed by atoms with van der Waals surface area (Å²) in [7, 11) is 0. The van der Waals surface area contributed by atoms with E-state index in [-0.39, 0.29) is 42.4 Å². The number of ether oxygens (including phenoxy) is 2. The minimum atomic E-state index is -1.52. The summed E-state index contributed by atoms with van der Waals surface area (Å²) in [4.78, 5) is 31.9. The number of non-ortho nitro benzene ring substituents is 1. The Morgan fingerprint density at radius 2 is 2.10 bits per heavy atom. The molecule has 0 aromatic heterocycles. The lowest BCUT2D eigenvalue weighted by Gasteiger charge is -2.08. The first-order chi connectivity index (χ1) is 9.93. The smallest absolute Gasteiger partial charge is 0.465 e. The van der Waals surface area contributed by atoms with Gasteiger partial charge < -0.3 is 14.6 Å². The summed E-state index contributed by atoms with van der Waals surface area (Å²) in [5.41, 5.74) is 0.0959. The summed E-state index contributed by atoms with van der Waals surface area (Å²) >= 11 is 0. The first-order valence-corrected chi connectivity index (χ1v) is 6.27. The summed E-state index contributed by atoms with van der Waals surface area (Å²) in [5, 5.41) is 19.3. The maximum Gasteiger partial charge on any atom is 0.511 e. The van der Waals surface area contributed by atoms with Gasteiger partial charge in [0, 0.05) is 30.5 Å². The number of nitrogens with zero attached hydrogens (tertiary/aromatic N) is 1. The van der Waals surface area contributed by atoms with Crippen LogP contribution in [0.15, 0.2) is 18.2 Å². The molecule has 0 aliphatic carbocycles. The van der Waals surface area contributed by atoms with Crippen molar-refractivity contribution in [3.8, 4) is 5.75 Å². The van der Waals surface area contributed by atoms with Gasteiger partial charge in [-0.3, -0.25) is 14.9 Å². The number of carboxylic acid groups (broad SMARTS) is 1. The van der Waals surface area contributed by atoms with Crippen molar-refractivity contribution in [3.05, 3.63) is 33.9 Å². The second-order valence-electron chi connectivity index (χ2n) is 4.14. The van der Waals surface area contributed by atoms with Gasteiger partial charge in [-0.1, -0.05) is 6.92 Å². The van der Waals surface area contributed by atoms with Crippen LogP contribution in [0.3, 0.4) is 0 Å². The van der Waals surface area contributed by atoms with Crippen molar-refractivity contribution in [2.24, 2.45) is 0 Å². The molecule has 0 aliphatic heterocycles. The van der Waals surface area contributed by atoms with E-state index < -0.39 is 11.1 Å². The van der Waals surface area contributed by atoms with E-state index in [2.05, 4.69) is 4.74 Å². The molecule has 0 bridgehead atoms. The molecule has 0 aliphatic rings. The molecule has 1 rings (SSSR count). The van der Waals surface area contributed by atoms with Crippen LogP contribution in [0.4, 0.5) is 10.5 Å². The highest BCUT2D eigenvalue weighted by Gasteiger charge is 2.14. The molecule has 1 aromatic rings. The quantitative estimate of drug-likeness (QED) is 0.355. The average molecular weight is 297 g/mol. The van der Waals surface area contributed by atoms with Crippen molar-refractivity contribution in [3.63, 3.8) is 0 Å².